The van der Waals surface area contributed by atoms with Gasteiger partial charge in [0.15, 0.2) is 17.5 Å². The van der Waals surface area contributed by atoms with Crippen molar-refractivity contribution in [2.45, 2.75) is 26.7 Å². The maximum absolute atomic E-state index is 14.2. The van der Waals surface area contributed by atoms with Crippen molar-refractivity contribution >= 4 is 11.9 Å². The van der Waals surface area contributed by atoms with Gasteiger partial charge in [-0.2, -0.15) is 4.39 Å². The molecule has 0 unspecified atom stereocenters. The largest absolute Gasteiger partial charge is 0.491 e. The Morgan fingerprint density at radius 1 is 0.955 bits per heavy atom. The molecule has 0 spiro atoms. The molecule has 0 aromatic heterocycles. The summed E-state index contributed by atoms with van der Waals surface area (Å²) in [6, 6.07) is 2.27. The molecule has 0 aliphatic carbocycles. The Labute approximate surface area is 127 Å². The number of carbonyl (C=O) groups excluding carboxylic acids is 2. The van der Waals surface area contributed by atoms with Crippen LogP contribution in [0.2, 0.25) is 0 Å². The van der Waals surface area contributed by atoms with Crippen LogP contribution in [0.5, 0.6) is 5.75 Å². The summed E-state index contributed by atoms with van der Waals surface area (Å²) in [6.07, 6.45) is 0. The molecule has 0 heterocycles. The van der Waals surface area contributed by atoms with Crippen LogP contribution in [0.4, 0.5) is 8.78 Å². The van der Waals surface area contributed by atoms with E-state index in [4.69, 9.17) is 14.2 Å². The number of benzene rings is 1. The first-order chi connectivity index (χ1) is 10.5. The molecule has 0 amide bonds. The Morgan fingerprint density at radius 2 is 1.50 bits per heavy atom. The minimum atomic E-state index is -1.68. The second-order valence-electron chi connectivity index (χ2n) is 4.15. The van der Waals surface area contributed by atoms with Crippen LogP contribution < -0.4 is 4.74 Å². The third-order valence-corrected chi connectivity index (χ3v) is 2.73. The molecule has 0 saturated carbocycles. The zero-order chi connectivity index (χ0) is 16.7. The molecule has 5 nitrogen and oxygen atoms in total. The van der Waals surface area contributed by atoms with E-state index in [9.17, 15) is 18.4 Å². The van der Waals surface area contributed by atoms with Gasteiger partial charge >= 0.3 is 11.9 Å². The molecule has 0 fully saturated rings. The Kier molecular flexibility index (Phi) is 6.75. The number of carbonyl (C=O) groups is 2. The fourth-order valence-electron chi connectivity index (χ4n) is 1.84. The smallest absolute Gasteiger partial charge is 0.325 e. The molecule has 122 valence electrons. The SMILES string of the molecule is CCOC(=O)C(C(=O)OCC)c1ccc(OCC)c(F)c1F. The summed E-state index contributed by atoms with van der Waals surface area (Å²) in [5, 5.41) is 0. The van der Waals surface area contributed by atoms with Crippen LogP contribution in [0.3, 0.4) is 0 Å². The maximum Gasteiger partial charge on any atom is 0.325 e. The van der Waals surface area contributed by atoms with Gasteiger partial charge < -0.3 is 14.2 Å². The zero-order valence-corrected chi connectivity index (χ0v) is 12.7. The highest BCUT2D eigenvalue weighted by Crippen LogP contribution is 2.29. The molecule has 0 bridgehead atoms. The van der Waals surface area contributed by atoms with Gasteiger partial charge in [-0.25, -0.2) is 4.39 Å². The lowest BCUT2D eigenvalue weighted by molar-refractivity contribution is -0.157. The molecule has 1 rings (SSSR count). The molecule has 1 aromatic rings. The van der Waals surface area contributed by atoms with Gasteiger partial charge in [-0.3, -0.25) is 9.59 Å². The van der Waals surface area contributed by atoms with Crippen molar-refractivity contribution in [2.24, 2.45) is 0 Å². The van der Waals surface area contributed by atoms with Crippen molar-refractivity contribution in [2.75, 3.05) is 19.8 Å². The molecule has 0 aliphatic rings. The predicted molar refractivity (Wildman–Crippen MR) is 73.5 cm³/mol. The summed E-state index contributed by atoms with van der Waals surface area (Å²) in [6.45, 7) is 4.83. The highest BCUT2D eigenvalue weighted by atomic mass is 19.2. The first-order valence-electron chi connectivity index (χ1n) is 6.91. The number of ether oxygens (including phenoxy) is 3. The van der Waals surface area contributed by atoms with Gasteiger partial charge in [-0.15, -0.1) is 0 Å². The van der Waals surface area contributed by atoms with E-state index in [1.165, 1.54) is 13.8 Å². The van der Waals surface area contributed by atoms with E-state index in [-0.39, 0.29) is 25.6 Å². The van der Waals surface area contributed by atoms with E-state index in [2.05, 4.69) is 0 Å². The van der Waals surface area contributed by atoms with Gasteiger partial charge in [0.1, 0.15) is 0 Å². The van der Waals surface area contributed by atoms with Crippen LogP contribution in [0, 0.1) is 11.6 Å². The van der Waals surface area contributed by atoms with E-state index >= 15 is 0 Å². The van der Waals surface area contributed by atoms with Crippen molar-refractivity contribution in [1.82, 2.24) is 0 Å². The predicted octanol–water partition coefficient (Wildman–Crippen LogP) is 2.57. The average Bonchev–Trinajstić information content (AvgIpc) is 2.47. The lowest BCUT2D eigenvalue weighted by Gasteiger charge is -2.16. The number of halogens is 2. The molecule has 1 aromatic carbocycles. The second-order valence-corrected chi connectivity index (χ2v) is 4.15. The van der Waals surface area contributed by atoms with Crippen LogP contribution in [-0.2, 0) is 19.1 Å². The van der Waals surface area contributed by atoms with Gasteiger partial charge in [0.2, 0.25) is 5.82 Å². The number of esters is 2. The van der Waals surface area contributed by atoms with E-state index < -0.39 is 35.1 Å². The Morgan fingerprint density at radius 3 is 1.95 bits per heavy atom. The van der Waals surface area contributed by atoms with Crippen molar-refractivity contribution < 1.29 is 32.6 Å². The van der Waals surface area contributed by atoms with E-state index in [1.807, 2.05) is 0 Å². The molecule has 0 N–H and O–H groups in total. The summed E-state index contributed by atoms with van der Waals surface area (Å²) in [5.41, 5.74) is -0.446. The van der Waals surface area contributed by atoms with Crippen molar-refractivity contribution in [1.29, 1.82) is 0 Å². The number of hydrogen-bond donors (Lipinski definition) is 0. The zero-order valence-electron chi connectivity index (χ0n) is 12.7. The third kappa shape index (κ3) is 3.93. The summed E-state index contributed by atoms with van der Waals surface area (Å²) >= 11 is 0. The fourth-order valence-corrected chi connectivity index (χ4v) is 1.84. The van der Waals surface area contributed by atoms with Gasteiger partial charge in [0, 0.05) is 5.56 Å². The lowest BCUT2D eigenvalue weighted by atomic mass is 9.98. The lowest BCUT2D eigenvalue weighted by Crippen LogP contribution is -2.27. The minimum absolute atomic E-state index is 0.00410. The molecule has 0 aliphatic heterocycles. The molecular weight excluding hydrogens is 298 g/mol. The summed E-state index contributed by atoms with van der Waals surface area (Å²) in [4.78, 5) is 23.8. The monoisotopic (exact) mass is 316 g/mol. The second kappa shape index (κ2) is 8.31. The first kappa shape index (κ1) is 17.9. The molecular formula is C15H18F2O5. The van der Waals surface area contributed by atoms with E-state index in [0.717, 1.165) is 12.1 Å². The van der Waals surface area contributed by atoms with Gasteiger partial charge in [0.05, 0.1) is 19.8 Å². The Bertz CT molecular complexity index is 527. The number of hydrogen-bond acceptors (Lipinski definition) is 5. The van der Waals surface area contributed by atoms with Crippen LogP contribution in [-0.4, -0.2) is 31.8 Å². The molecule has 22 heavy (non-hydrogen) atoms. The molecule has 0 atom stereocenters. The van der Waals surface area contributed by atoms with Crippen molar-refractivity contribution in [3.05, 3.63) is 29.3 Å². The molecule has 0 saturated heterocycles. The highest BCUT2D eigenvalue weighted by molar-refractivity contribution is 6.00. The first-order valence-corrected chi connectivity index (χ1v) is 6.91. The normalized spacial score (nSPS) is 10.5. The summed E-state index contributed by atoms with van der Waals surface area (Å²) in [5.74, 6) is -6.57. The summed E-state index contributed by atoms with van der Waals surface area (Å²) in [7, 11) is 0. The van der Waals surface area contributed by atoms with Crippen LogP contribution >= 0.6 is 0 Å². The average molecular weight is 316 g/mol. The summed E-state index contributed by atoms with van der Waals surface area (Å²) < 4.78 is 42.5. The quantitative estimate of drug-likeness (QED) is 0.571. The Balaban J connectivity index is 3.27. The van der Waals surface area contributed by atoms with Crippen LogP contribution in [0.25, 0.3) is 0 Å². The molecule has 7 heteroatoms. The van der Waals surface area contributed by atoms with E-state index in [0.29, 0.717) is 0 Å². The third-order valence-electron chi connectivity index (χ3n) is 2.73. The topological polar surface area (TPSA) is 61.8 Å². The van der Waals surface area contributed by atoms with Crippen molar-refractivity contribution in [3.8, 4) is 5.75 Å². The fraction of sp³-hybridized carbons (Fsp3) is 0.467. The number of rotatable bonds is 7. The van der Waals surface area contributed by atoms with Gasteiger partial charge in [0.25, 0.3) is 0 Å². The van der Waals surface area contributed by atoms with Crippen LogP contribution in [0.1, 0.15) is 32.3 Å². The van der Waals surface area contributed by atoms with Gasteiger partial charge in [-0.05, 0) is 26.8 Å². The minimum Gasteiger partial charge on any atom is -0.491 e. The van der Waals surface area contributed by atoms with Crippen molar-refractivity contribution in [3.63, 3.8) is 0 Å². The highest BCUT2D eigenvalue weighted by Gasteiger charge is 2.35. The maximum atomic E-state index is 14.2. The Hall–Kier alpha value is -2.18. The standard InChI is InChI=1S/C15H18F2O5/c1-4-20-10-8-7-9(12(16)13(10)17)11(14(18)21-5-2)15(19)22-6-3/h7-8,11H,4-6H2,1-3H3. The van der Waals surface area contributed by atoms with Gasteiger partial charge in [-0.1, -0.05) is 6.07 Å². The van der Waals surface area contributed by atoms with E-state index in [1.54, 1.807) is 6.92 Å². The molecule has 0 radical (unpaired) electrons. The van der Waals surface area contributed by atoms with Crippen LogP contribution in [0.15, 0.2) is 12.1 Å².